The minimum Gasteiger partial charge on any atom is -0.279 e. The zero-order valence-corrected chi connectivity index (χ0v) is 16.2. The number of carbonyl (C=O) groups is 1. The Morgan fingerprint density at radius 1 is 0.962 bits per heavy atom. The number of halogens is 1. The van der Waals surface area contributed by atoms with Gasteiger partial charge < -0.3 is 0 Å². The third kappa shape index (κ3) is 3.54. The van der Waals surface area contributed by atoms with Crippen LogP contribution in [-0.2, 0) is 6.54 Å². The highest BCUT2D eigenvalue weighted by molar-refractivity contribution is 9.10. The Morgan fingerprint density at radius 3 is 2.50 bits per heavy atom. The maximum absolute atomic E-state index is 13.3. The number of thiazole rings is 1. The molecule has 0 radical (unpaired) electrons. The topological polar surface area (TPSA) is 33.2 Å². The third-order valence-electron chi connectivity index (χ3n) is 4.01. The molecule has 0 saturated heterocycles. The monoisotopic (exact) mass is 422 g/mol. The van der Waals surface area contributed by atoms with Crippen LogP contribution >= 0.6 is 27.3 Å². The second-order valence-corrected chi connectivity index (χ2v) is 7.78. The van der Waals surface area contributed by atoms with Crippen molar-refractivity contribution in [2.75, 3.05) is 4.90 Å². The Kier molecular flexibility index (Phi) is 4.82. The van der Waals surface area contributed by atoms with Crippen LogP contribution in [0.5, 0.6) is 0 Å². The van der Waals surface area contributed by atoms with Crippen LogP contribution in [0.25, 0.3) is 10.2 Å². The molecule has 4 rings (SSSR count). The van der Waals surface area contributed by atoms with Crippen molar-refractivity contribution < 1.29 is 4.79 Å². The molecule has 5 heteroatoms. The number of para-hydroxylation sites is 1. The maximum Gasteiger partial charge on any atom is 0.260 e. The van der Waals surface area contributed by atoms with Gasteiger partial charge in [-0.2, -0.15) is 0 Å². The molecule has 1 aromatic heterocycles. The molecule has 128 valence electrons. The van der Waals surface area contributed by atoms with Crippen molar-refractivity contribution in [3.05, 3.63) is 94.5 Å². The Morgan fingerprint density at radius 2 is 1.73 bits per heavy atom. The Bertz CT molecular complexity index is 1030. The highest BCUT2D eigenvalue weighted by atomic mass is 79.9. The molecular formula is C21H15BrN2OS. The zero-order valence-electron chi connectivity index (χ0n) is 13.8. The van der Waals surface area contributed by atoms with Crippen molar-refractivity contribution in [1.29, 1.82) is 0 Å². The van der Waals surface area contributed by atoms with Gasteiger partial charge in [0.1, 0.15) is 0 Å². The van der Waals surface area contributed by atoms with Crippen LogP contribution in [-0.4, -0.2) is 10.9 Å². The predicted octanol–water partition coefficient (Wildman–Crippen LogP) is 5.91. The van der Waals surface area contributed by atoms with Crippen LogP contribution in [0, 0.1) is 0 Å². The lowest BCUT2D eigenvalue weighted by Crippen LogP contribution is -2.30. The first-order valence-electron chi connectivity index (χ1n) is 8.17. The van der Waals surface area contributed by atoms with E-state index < -0.39 is 0 Å². The number of carbonyl (C=O) groups excluding carboxylic acids is 1. The van der Waals surface area contributed by atoms with Crippen molar-refractivity contribution in [1.82, 2.24) is 4.98 Å². The summed E-state index contributed by atoms with van der Waals surface area (Å²) < 4.78 is 1.95. The van der Waals surface area contributed by atoms with Crippen LogP contribution < -0.4 is 4.90 Å². The first-order valence-corrected chi connectivity index (χ1v) is 9.78. The van der Waals surface area contributed by atoms with E-state index in [1.54, 1.807) is 4.90 Å². The summed E-state index contributed by atoms with van der Waals surface area (Å²) in [4.78, 5) is 19.7. The van der Waals surface area contributed by atoms with Crippen LogP contribution in [0.4, 0.5) is 5.13 Å². The largest absolute Gasteiger partial charge is 0.279 e. The Labute approximate surface area is 164 Å². The molecule has 4 aromatic rings. The molecule has 0 atom stereocenters. The molecule has 1 amide bonds. The van der Waals surface area contributed by atoms with Gasteiger partial charge in [-0.3, -0.25) is 9.69 Å². The van der Waals surface area contributed by atoms with Crippen LogP contribution in [0.3, 0.4) is 0 Å². The molecule has 0 saturated carbocycles. The number of nitrogens with zero attached hydrogens (tertiary/aromatic N) is 2. The minimum atomic E-state index is -0.0609. The summed E-state index contributed by atoms with van der Waals surface area (Å²) in [5.41, 5.74) is 2.61. The zero-order chi connectivity index (χ0) is 17.9. The van der Waals surface area contributed by atoms with Gasteiger partial charge in [-0.15, -0.1) is 0 Å². The number of aromatic nitrogens is 1. The summed E-state index contributed by atoms with van der Waals surface area (Å²) in [5, 5.41) is 0.708. The SMILES string of the molecule is O=C(c1cccc(Br)c1)N(Cc1ccccc1)c1nc2ccccc2s1. The van der Waals surface area contributed by atoms with Crippen molar-refractivity contribution in [2.24, 2.45) is 0 Å². The summed E-state index contributed by atoms with van der Waals surface area (Å²) in [6.45, 7) is 0.478. The molecule has 0 aliphatic rings. The van der Waals surface area contributed by atoms with E-state index in [0.29, 0.717) is 17.2 Å². The number of hydrogen-bond donors (Lipinski definition) is 0. The fourth-order valence-electron chi connectivity index (χ4n) is 2.75. The van der Waals surface area contributed by atoms with Gasteiger partial charge in [0.2, 0.25) is 0 Å². The van der Waals surface area contributed by atoms with Gasteiger partial charge in [-0.25, -0.2) is 4.98 Å². The van der Waals surface area contributed by atoms with Gasteiger partial charge in [0.05, 0.1) is 16.8 Å². The van der Waals surface area contributed by atoms with E-state index in [4.69, 9.17) is 4.98 Å². The molecule has 0 N–H and O–H groups in total. The molecule has 0 bridgehead atoms. The fourth-order valence-corrected chi connectivity index (χ4v) is 4.11. The average Bonchev–Trinajstić information content (AvgIpc) is 3.10. The lowest BCUT2D eigenvalue weighted by atomic mass is 10.1. The molecular weight excluding hydrogens is 408 g/mol. The van der Waals surface area contributed by atoms with E-state index in [0.717, 1.165) is 20.3 Å². The maximum atomic E-state index is 13.3. The van der Waals surface area contributed by atoms with Gasteiger partial charge in [0.15, 0.2) is 5.13 Å². The summed E-state index contributed by atoms with van der Waals surface area (Å²) in [6.07, 6.45) is 0. The lowest BCUT2D eigenvalue weighted by molar-refractivity contribution is 0.0985. The average molecular weight is 423 g/mol. The van der Waals surface area contributed by atoms with Gasteiger partial charge in [-0.05, 0) is 35.9 Å². The number of amides is 1. The van der Waals surface area contributed by atoms with Gasteiger partial charge in [0.25, 0.3) is 5.91 Å². The number of hydrogen-bond acceptors (Lipinski definition) is 3. The third-order valence-corrected chi connectivity index (χ3v) is 5.57. The predicted molar refractivity (Wildman–Crippen MR) is 111 cm³/mol. The molecule has 1 heterocycles. The first-order chi connectivity index (χ1) is 12.7. The number of anilines is 1. The molecule has 0 aliphatic heterocycles. The molecule has 0 aliphatic carbocycles. The Hall–Kier alpha value is -2.50. The van der Waals surface area contributed by atoms with E-state index in [1.807, 2.05) is 78.9 Å². The van der Waals surface area contributed by atoms with E-state index >= 15 is 0 Å². The van der Waals surface area contributed by atoms with Crippen molar-refractivity contribution in [3.8, 4) is 0 Å². The number of fused-ring (bicyclic) bond motifs is 1. The highest BCUT2D eigenvalue weighted by Gasteiger charge is 2.21. The van der Waals surface area contributed by atoms with Crippen molar-refractivity contribution >= 4 is 48.5 Å². The summed E-state index contributed by atoms with van der Waals surface area (Å²) in [5.74, 6) is -0.0609. The molecule has 26 heavy (non-hydrogen) atoms. The van der Waals surface area contributed by atoms with Crippen LogP contribution in [0.1, 0.15) is 15.9 Å². The molecule has 0 spiro atoms. The quantitative estimate of drug-likeness (QED) is 0.409. The normalized spacial score (nSPS) is 10.8. The smallest absolute Gasteiger partial charge is 0.260 e. The van der Waals surface area contributed by atoms with E-state index in [9.17, 15) is 4.79 Å². The van der Waals surface area contributed by atoms with Crippen molar-refractivity contribution in [3.63, 3.8) is 0 Å². The summed E-state index contributed by atoms with van der Waals surface area (Å²) >= 11 is 4.98. The van der Waals surface area contributed by atoms with E-state index in [-0.39, 0.29) is 5.91 Å². The standard InChI is InChI=1S/C21H15BrN2OS/c22-17-10-6-9-16(13-17)20(25)24(14-15-7-2-1-3-8-15)21-23-18-11-4-5-12-19(18)26-21/h1-13H,14H2. The summed E-state index contributed by atoms with van der Waals surface area (Å²) in [7, 11) is 0. The molecule has 3 nitrogen and oxygen atoms in total. The van der Waals surface area contributed by atoms with E-state index in [2.05, 4.69) is 15.9 Å². The number of benzene rings is 3. The lowest BCUT2D eigenvalue weighted by Gasteiger charge is -2.20. The molecule has 3 aromatic carbocycles. The molecule has 0 unspecified atom stereocenters. The van der Waals surface area contributed by atoms with E-state index in [1.165, 1.54) is 11.3 Å². The molecule has 0 fully saturated rings. The first kappa shape index (κ1) is 16.9. The minimum absolute atomic E-state index is 0.0609. The van der Waals surface area contributed by atoms with Gasteiger partial charge in [0, 0.05) is 10.0 Å². The second-order valence-electron chi connectivity index (χ2n) is 5.85. The fraction of sp³-hybridized carbons (Fsp3) is 0.0476. The van der Waals surface area contributed by atoms with Gasteiger partial charge >= 0.3 is 0 Å². The number of rotatable bonds is 4. The Balaban J connectivity index is 1.77. The summed E-state index contributed by atoms with van der Waals surface area (Å²) in [6, 6.07) is 25.4. The van der Waals surface area contributed by atoms with Gasteiger partial charge in [-0.1, -0.05) is 75.8 Å². The van der Waals surface area contributed by atoms with Crippen molar-refractivity contribution in [2.45, 2.75) is 6.54 Å². The van der Waals surface area contributed by atoms with Crippen LogP contribution in [0.2, 0.25) is 0 Å². The highest BCUT2D eigenvalue weighted by Crippen LogP contribution is 2.31. The second kappa shape index (κ2) is 7.40. The van der Waals surface area contributed by atoms with Crippen LogP contribution in [0.15, 0.2) is 83.3 Å².